The first-order valence-corrected chi connectivity index (χ1v) is 7.85. The predicted octanol–water partition coefficient (Wildman–Crippen LogP) is 2.81. The molecule has 1 atom stereocenters. The Hall–Kier alpha value is -2.66. The van der Waals surface area contributed by atoms with Gasteiger partial charge in [-0.2, -0.15) is 0 Å². The summed E-state index contributed by atoms with van der Waals surface area (Å²) in [6.45, 7) is 1.52. The van der Waals surface area contributed by atoms with Crippen molar-refractivity contribution in [3.8, 4) is 0 Å². The molecule has 122 valence electrons. The molecule has 24 heavy (non-hydrogen) atoms. The highest BCUT2D eigenvalue weighted by Gasteiger charge is 2.36. The molecule has 0 aromatic heterocycles. The fourth-order valence-electron chi connectivity index (χ4n) is 2.65. The Labute approximate surface area is 144 Å². The van der Waals surface area contributed by atoms with Gasteiger partial charge in [0.25, 0.3) is 11.8 Å². The zero-order valence-corrected chi connectivity index (χ0v) is 13.7. The van der Waals surface area contributed by atoms with E-state index in [4.69, 9.17) is 11.6 Å². The summed E-state index contributed by atoms with van der Waals surface area (Å²) in [5, 5.41) is 3.40. The second kappa shape index (κ2) is 6.45. The Kier molecular flexibility index (Phi) is 4.36. The summed E-state index contributed by atoms with van der Waals surface area (Å²) in [7, 11) is 0. The Balaban J connectivity index is 1.66. The first-order valence-electron chi connectivity index (χ1n) is 7.47. The number of hydrogen-bond donors (Lipinski definition) is 1. The van der Waals surface area contributed by atoms with Gasteiger partial charge in [-0.15, -0.1) is 0 Å². The maximum atomic E-state index is 12.2. The van der Waals surface area contributed by atoms with Crippen LogP contribution in [0.15, 0.2) is 48.5 Å². The Bertz CT molecular complexity index is 782. The third kappa shape index (κ3) is 3.03. The second-order valence-corrected chi connectivity index (χ2v) is 6.02. The Morgan fingerprint density at radius 1 is 1.04 bits per heavy atom. The lowest BCUT2D eigenvalue weighted by Crippen LogP contribution is -2.41. The van der Waals surface area contributed by atoms with E-state index in [2.05, 4.69) is 5.32 Å². The molecular weight excluding hydrogens is 328 g/mol. The fraction of sp³-hybridized carbons (Fsp3) is 0.167. The molecule has 1 aliphatic rings. The third-order valence-electron chi connectivity index (χ3n) is 3.93. The number of nitrogens with zero attached hydrogens (tertiary/aromatic N) is 1. The minimum Gasteiger partial charge on any atom is -0.348 e. The van der Waals surface area contributed by atoms with Crippen molar-refractivity contribution in [2.45, 2.75) is 13.0 Å². The summed E-state index contributed by atoms with van der Waals surface area (Å²) in [4.78, 5) is 37.7. The van der Waals surface area contributed by atoms with Gasteiger partial charge in [0, 0.05) is 5.02 Å². The molecule has 0 saturated carbocycles. The van der Waals surface area contributed by atoms with E-state index in [0.717, 1.165) is 10.5 Å². The lowest BCUT2D eigenvalue weighted by Gasteiger charge is -2.18. The van der Waals surface area contributed by atoms with Crippen LogP contribution in [0, 0.1) is 0 Å². The zero-order valence-electron chi connectivity index (χ0n) is 13.0. The predicted molar refractivity (Wildman–Crippen MR) is 89.8 cm³/mol. The number of nitrogens with one attached hydrogen (secondary N) is 1. The van der Waals surface area contributed by atoms with E-state index in [1.165, 1.54) is 0 Å². The van der Waals surface area contributed by atoms with Crippen LogP contribution in [0.3, 0.4) is 0 Å². The third-order valence-corrected chi connectivity index (χ3v) is 4.18. The van der Waals surface area contributed by atoms with Gasteiger partial charge in [-0.3, -0.25) is 19.3 Å². The van der Waals surface area contributed by atoms with Gasteiger partial charge in [-0.05, 0) is 36.8 Å². The maximum Gasteiger partial charge on any atom is 0.262 e. The van der Waals surface area contributed by atoms with E-state index in [1.807, 2.05) is 19.1 Å². The van der Waals surface area contributed by atoms with Gasteiger partial charge in [-0.25, -0.2) is 0 Å². The number of hydrogen-bond acceptors (Lipinski definition) is 3. The molecule has 0 bridgehead atoms. The highest BCUT2D eigenvalue weighted by molar-refractivity contribution is 6.30. The summed E-state index contributed by atoms with van der Waals surface area (Å²) in [6.07, 6.45) is 0. The minimum absolute atomic E-state index is 0.259. The molecule has 1 N–H and O–H groups in total. The van der Waals surface area contributed by atoms with Crippen LogP contribution in [0.5, 0.6) is 0 Å². The molecule has 3 rings (SSSR count). The topological polar surface area (TPSA) is 66.5 Å². The number of carbonyl (C=O) groups excluding carboxylic acids is 3. The average Bonchev–Trinajstić information content (AvgIpc) is 2.81. The number of halogens is 1. The molecule has 0 radical (unpaired) electrons. The first kappa shape index (κ1) is 16.2. The molecule has 2 aromatic rings. The molecule has 3 amide bonds. The number of rotatable bonds is 4. The van der Waals surface area contributed by atoms with Gasteiger partial charge in [0.1, 0.15) is 6.54 Å². The van der Waals surface area contributed by atoms with Gasteiger partial charge in [0.05, 0.1) is 17.2 Å². The molecule has 0 unspecified atom stereocenters. The standard InChI is InChI=1S/C18H15ClN2O3/c1-11(12-6-8-13(19)9-7-12)20-16(22)10-21-17(23)14-4-2-3-5-15(14)18(21)24/h2-9,11H,10H2,1H3,(H,20,22)/t11-/m1/s1. The van der Waals surface area contributed by atoms with Crippen LogP contribution < -0.4 is 5.32 Å². The van der Waals surface area contributed by atoms with Crippen molar-refractivity contribution in [2.75, 3.05) is 6.54 Å². The van der Waals surface area contributed by atoms with Crippen molar-refractivity contribution in [2.24, 2.45) is 0 Å². The Morgan fingerprint density at radius 3 is 2.12 bits per heavy atom. The van der Waals surface area contributed by atoms with E-state index in [1.54, 1.807) is 36.4 Å². The fourth-order valence-corrected chi connectivity index (χ4v) is 2.77. The summed E-state index contributed by atoms with van der Waals surface area (Å²) in [5.41, 5.74) is 1.55. The van der Waals surface area contributed by atoms with Gasteiger partial charge >= 0.3 is 0 Å². The van der Waals surface area contributed by atoms with E-state index in [9.17, 15) is 14.4 Å². The monoisotopic (exact) mass is 342 g/mol. The number of carbonyl (C=O) groups is 3. The average molecular weight is 343 g/mol. The van der Waals surface area contributed by atoms with Gasteiger partial charge in [0.15, 0.2) is 0 Å². The second-order valence-electron chi connectivity index (χ2n) is 5.58. The Morgan fingerprint density at radius 2 is 1.58 bits per heavy atom. The van der Waals surface area contributed by atoms with Crippen LogP contribution >= 0.6 is 11.6 Å². The summed E-state index contributed by atoms with van der Waals surface area (Å²) < 4.78 is 0. The molecule has 0 aliphatic carbocycles. The molecule has 5 nitrogen and oxygen atoms in total. The van der Waals surface area contributed by atoms with Gasteiger partial charge in [0.2, 0.25) is 5.91 Å². The van der Waals surface area contributed by atoms with Gasteiger partial charge < -0.3 is 5.32 Å². The molecule has 0 spiro atoms. The normalized spacial score (nSPS) is 14.5. The van der Waals surface area contributed by atoms with Crippen LogP contribution in [-0.4, -0.2) is 29.2 Å². The molecule has 6 heteroatoms. The summed E-state index contributed by atoms with van der Waals surface area (Å²) in [5.74, 6) is -1.28. The molecule has 2 aromatic carbocycles. The van der Waals surface area contributed by atoms with Crippen molar-refractivity contribution in [1.82, 2.24) is 10.2 Å². The van der Waals surface area contributed by atoms with Crippen molar-refractivity contribution < 1.29 is 14.4 Å². The van der Waals surface area contributed by atoms with Crippen LogP contribution in [0.4, 0.5) is 0 Å². The molecule has 0 saturated heterocycles. The zero-order chi connectivity index (χ0) is 17.3. The van der Waals surface area contributed by atoms with Crippen molar-refractivity contribution in [3.05, 3.63) is 70.2 Å². The quantitative estimate of drug-likeness (QED) is 0.869. The number of imide groups is 1. The van der Waals surface area contributed by atoms with Crippen LogP contribution in [0.25, 0.3) is 0 Å². The van der Waals surface area contributed by atoms with E-state index in [-0.39, 0.29) is 12.6 Å². The van der Waals surface area contributed by atoms with Crippen molar-refractivity contribution >= 4 is 29.3 Å². The summed E-state index contributed by atoms with van der Waals surface area (Å²) >= 11 is 5.84. The number of benzene rings is 2. The van der Waals surface area contributed by atoms with E-state index in [0.29, 0.717) is 16.1 Å². The van der Waals surface area contributed by atoms with Crippen LogP contribution in [0.2, 0.25) is 5.02 Å². The van der Waals surface area contributed by atoms with Gasteiger partial charge in [-0.1, -0.05) is 35.9 Å². The van der Waals surface area contributed by atoms with E-state index >= 15 is 0 Å². The molecule has 1 heterocycles. The SMILES string of the molecule is C[C@@H](NC(=O)CN1C(=O)c2ccccc2C1=O)c1ccc(Cl)cc1. The number of fused-ring (bicyclic) bond motifs is 1. The highest BCUT2D eigenvalue weighted by Crippen LogP contribution is 2.22. The smallest absolute Gasteiger partial charge is 0.262 e. The summed E-state index contributed by atoms with van der Waals surface area (Å²) in [6, 6.07) is 13.4. The van der Waals surface area contributed by atoms with E-state index < -0.39 is 17.7 Å². The van der Waals surface area contributed by atoms with Crippen LogP contribution in [-0.2, 0) is 4.79 Å². The molecule has 0 fully saturated rings. The lowest BCUT2D eigenvalue weighted by atomic mass is 10.1. The maximum absolute atomic E-state index is 12.2. The largest absolute Gasteiger partial charge is 0.348 e. The van der Waals surface area contributed by atoms with Crippen molar-refractivity contribution in [3.63, 3.8) is 0 Å². The highest BCUT2D eigenvalue weighted by atomic mass is 35.5. The first-order chi connectivity index (χ1) is 11.5. The molecule has 1 aliphatic heterocycles. The minimum atomic E-state index is -0.440. The lowest BCUT2D eigenvalue weighted by molar-refractivity contribution is -0.122. The number of amides is 3. The molecular formula is C18H15ClN2O3. The van der Waals surface area contributed by atoms with Crippen LogP contribution in [0.1, 0.15) is 39.2 Å². The van der Waals surface area contributed by atoms with Crippen molar-refractivity contribution in [1.29, 1.82) is 0 Å².